The minimum absolute atomic E-state index is 0.00551. The van der Waals surface area contributed by atoms with Gasteiger partial charge >= 0.3 is 5.97 Å². The zero-order chi connectivity index (χ0) is 13.1. The average molecular weight is 265 g/mol. The van der Waals surface area contributed by atoms with E-state index in [0.29, 0.717) is 13.2 Å². The van der Waals surface area contributed by atoms with Gasteiger partial charge in [-0.05, 0) is 13.8 Å². The minimum atomic E-state index is -3.12. The van der Waals surface area contributed by atoms with Gasteiger partial charge in [0.25, 0.3) is 0 Å². The van der Waals surface area contributed by atoms with E-state index >= 15 is 0 Å². The third-order valence-corrected chi connectivity index (χ3v) is 5.09. The molecule has 1 aliphatic heterocycles. The van der Waals surface area contributed by atoms with Gasteiger partial charge in [0.2, 0.25) is 0 Å². The molecule has 1 N–H and O–H groups in total. The van der Waals surface area contributed by atoms with Crippen molar-refractivity contribution in [2.75, 3.05) is 32.1 Å². The van der Waals surface area contributed by atoms with E-state index in [2.05, 4.69) is 0 Å². The first-order valence-corrected chi connectivity index (χ1v) is 7.32. The van der Waals surface area contributed by atoms with Crippen LogP contribution in [0.5, 0.6) is 0 Å². The third-order valence-electron chi connectivity index (χ3n) is 2.91. The van der Waals surface area contributed by atoms with E-state index < -0.39 is 27.1 Å². The van der Waals surface area contributed by atoms with E-state index in [1.807, 2.05) is 0 Å². The van der Waals surface area contributed by atoms with Crippen molar-refractivity contribution >= 4 is 15.8 Å². The predicted octanol–water partition coefficient (Wildman–Crippen LogP) is -0.405. The molecule has 0 amide bonds. The van der Waals surface area contributed by atoms with Crippen molar-refractivity contribution in [3.8, 4) is 0 Å². The Morgan fingerprint density at radius 2 is 2.18 bits per heavy atom. The molecule has 6 nitrogen and oxygen atoms in total. The van der Waals surface area contributed by atoms with Gasteiger partial charge in [0.15, 0.2) is 9.84 Å². The molecule has 1 saturated heterocycles. The highest BCUT2D eigenvalue weighted by molar-refractivity contribution is 7.92. The van der Waals surface area contributed by atoms with Gasteiger partial charge in [-0.3, -0.25) is 9.69 Å². The molecule has 0 aromatic carbocycles. The summed E-state index contributed by atoms with van der Waals surface area (Å²) < 4.78 is 28.4. The standard InChI is InChI=1S/C10H19NO5S/c1-8(2)17(14,15)6-4-11-3-5-16-7-9(11)10(12)13/h8-9H,3-7H2,1-2H3,(H,12,13). The van der Waals surface area contributed by atoms with Crippen molar-refractivity contribution in [3.05, 3.63) is 0 Å². The fourth-order valence-corrected chi connectivity index (χ4v) is 2.57. The Kier molecular flexibility index (Phi) is 4.91. The maximum atomic E-state index is 11.6. The molecule has 0 spiro atoms. The molecule has 0 aromatic heterocycles. The zero-order valence-electron chi connectivity index (χ0n) is 10.1. The number of carboxylic acid groups (broad SMARTS) is 1. The van der Waals surface area contributed by atoms with E-state index in [1.165, 1.54) is 0 Å². The van der Waals surface area contributed by atoms with E-state index in [9.17, 15) is 13.2 Å². The zero-order valence-corrected chi connectivity index (χ0v) is 10.9. The lowest BCUT2D eigenvalue weighted by atomic mass is 10.2. The Bertz CT molecular complexity index is 365. The molecule has 1 aliphatic rings. The minimum Gasteiger partial charge on any atom is -0.480 e. The quantitative estimate of drug-likeness (QED) is 0.728. The van der Waals surface area contributed by atoms with Gasteiger partial charge in [0, 0.05) is 13.1 Å². The number of hydrogen-bond acceptors (Lipinski definition) is 5. The Morgan fingerprint density at radius 1 is 1.53 bits per heavy atom. The van der Waals surface area contributed by atoms with Gasteiger partial charge in [0.05, 0.1) is 24.2 Å². The van der Waals surface area contributed by atoms with Crippen LogP contribution in [0.1, 0.15) is 13.8 Å². The highest BCUT2D eigenvalue weighted by Gasteiger charge is 2.30. The first-order chi connectivity index (χ1) is 7.84. The van der Waals surface area contributed by atoms with E-state index in [1.54, 1.807) is 18.7 Å². The molecular weight excluding hydrogens is 246 g/mol. The van der Waals surface area contributed by atoms with E-state index in [0.717, 1.165) is 0 Å². The lowest BCUT2D eigenvalue weighted by molar-refractivity contribution is -0.149. The molecule has 1 atom stereocenters. The van der Waals surface area contributed by atoms with Crippen molar-refractivity contribution < 1.29 is 23.1 Å². The number of ether oxygens (including phenoxy) is 1. The smallest absolute Gasteiger partial charge is 0.323 e. The monoisotopic (exact) mass is 265 g/mol. The number of rotatable bonds is 5. The molecule has 0 bridgehead atoms. The van der Waals surface area contributed by atoms with Crippen molar-refractivity contribution in [1.82, 2.24) is 4.90 Å². The Labute approximate surface area is 101 Å². The van der Waals surface area contributed by atoms with Crippen LogP contribution >= 0.6 is 0 Å². The van der Waals surface area contributed by atoms with Gasteiger partial charge in [-0.15, -0.1) is 0 Å². The lowest BCUT2D eigenvalue weighted by Gasteiger charge is -2.32. The molecule has 100 valence electrons. The molecular formula is C10H19NO5S. The van der Waals surface area contributed by atoms with Crippen LogP contribution in [0.25, 0.3) is 0 Å². The number of morpholine rings is 1. The molecule has 17 heavy (non-hydrogen) atoms. The number of sulfone groups is 1. The number of carboxylic acids is 1. The average Bonchev–Trinajstić information content (AvgIpc) is 2.26. The van der Waals surface area contributed by atoms with Crippen LogP contribution in [0, 0.1) is 0 Å². The number of hydrogen-bond donors (Lipinski definition) is 1. The SMILES string of the molecule is CC(C)S(=O)(=O)CCN1CCOCC1C(=O)O. The van der Waals surface area contributed by atoms with Crippen LogP contribution in [0.4, 0.5) is 0 Å². The second-order valence-electron chi connectivity index (χ2n) is 4.38. The molecule has 1 rings (SSSR count). The second-order valence-corrected chi connectivity index (χ2v) is 7.06. The molecule has 7 heteroatoms. The van der Waals surface area contributed by atoms with Gasteiger partial charge in [-0.2, -0.15) is 0 Å². The molecule has 1 heterocycles. The number of aliphatic carboxylic acids is 1. The summed E-state index contributed by atoms with van der Waals surface area (Å²) in [5, 5.41) is 8.55. The summed E-state index contributed by atoms with van der Waals surface area (Å²) in [7, 11) is -3.12. The van der Waals surface area contributed by atoms with Crippen LogP contribution in [-0.2, 0) is 19.4 Å². The van der Waals surface area contributed by atoms with Crippen LogP contribution in [0.15, 0.2) is 0 Å². The fraction of sp³-hybridized carbons (Fsp3) is 0.900. The summed E-state index contributed by atoms with van der Waals surface area (Å²) in [6, 6.07) is -0.730. The first-order valence-electron chi connectivity index (χ1n) is 5.61. The maximum absolute atomic E-state index is 11.6. The first kappa shape index (κ1) is 14.4. The molecule has 0 radical (unpaired) electrons. The maximum Gasteiger partial charge on any atom is 0.323 e. The second kappa shape index (κ2) is 5.79. The summed E-state index contributed by atoms with van der Waals surface area (Å²) in [4.78, 5) is 12.6. The normalized spacial score (nSPS) is 22.9. The van der Waals surface area contributed by atoms with Gasteiger partial charge in [0.1, 0.15) is 6.04 Å². The van der Waals surface area contributed by atoms with Crippen molar-refractivity contribution in [2.24, 2.45) is 0 Å². The van der Waals surface area contributed by atoms with E-state index in [-0.39, 0.29) is 18.9 Å². The van der Waals surface area contributed by atoms with Crippen molar-refractivity contribution in [1.29, 1.82) is 0 Å². The van der Waals surface area contributed by atoms with E-state index in [4.69, 9.17) is 9.84 Å². The Hall–Kier alpha value is -0.660. The van der Waals surface area contributed by atoms with Crippen LogP contribution in [-0.4, -0.2) is 67.7 Å². The summed E-state index contributed by atoms with van der Waals surface area (Å²) in [5.74, 6) is -0.972. The highest BCUT2D eigenvalue weighted by Crippen LogP contribution is 2.09. The summed E-state index contributed by atoms with van der Waals surface area (Å²) in [6.07, 6.45) is 0. The molecule has 0 aromatic rings. The molecule has 0 aliphatic carbocycles. The van der Waals surface area contributed by atoms with Crippen LogP contribution in [0.3, 0.4) is 0 Å². The van der Waals surface area contributed by atoms with Gasteiger partial charge < -0.3 is 9.84 Å². The molecule has 1 unspecified atom stereocenters. The summed E-state index contributed by atoms with van der Waals surface area (Å²) in [5.41, 5.74) is 0. The number of nitrogens with zero attached hydrogens (tertiary/aromatic N) is 1. The van der Waals surface area contributed by atoms with Gasteiger partial charge in [-0.25, -0.2) is 8.42 Å². The Morgan fingerprint density at radius 3 is 2.71 bits per heavy atom. The largest absolute Gasteiger partial charge is 0.480 e. The third kappa shape index (κ3) is 3.93. The van der Waals surface area contributed by atoms with Crippen LogP contribution < -0.4 is 0 Å². The molecule has 1 fully saturated rings. The predicted molar refractivity (Wildman–Crippen MR) is 62.7 cm³/mol. The molecule has 0 saturated carbocycles. The fourth-order valence-electron chi connectivity index (χ4n) is 1.61. The van der Waals surface area contributed by atoms with Crippen molar-refractivity contribution in [3.63, 3.8) is 0 Å². The summed E-state index contributed by atoms with van der Waals surface area (Å²) in [6.45, 7) is 4.54. The Balaban J connectivity index is 2.58. The summed E-state index contributed by atoms with van der Waals surface area (Å²) >= 11 is 0. The lowest BCUT2D eigenvalue weighted by Crippen LogP contribution is -2.51. The van der Waals surface area contributed by atoms with Gasteiger partial charge in [-0.1, -0.05) is 0 Å². The van der Waals surface area contributed by atoms with Crippen molar-refractivity contribution in [2.45, 2.75) is 25.1 Å². The van der Waals surface area contributed by atoms with Crippen LogP contribution in [0.2, 0.25) is 0 Å². The number of carbonyl (C=O) groups is 1. The highest BCUT2D eigenvalue weighted by atomic mass is 32.2. The topological polar surface area (TPSA) is 83.9 Å².